The van der Waals surface area contributed by atoms with Gasteiger partial charge >= 0.3 is 0 Å². The number of hydrogen-bond acceptors (Lipinski definition) is 6. The summed E-state index contributed by atoms with van der Waals surface area (Å²) in [6.45, 7) is 3.95. The fourth-order valence-corrected chi connectivity index (χ4v) is 4.30. The molecule has 2 aromatic rings. The molecule has 7 nitrogen and oxygen atoms in total. The van der Waals surface area contributed by atoms with Crippen molar-refractivity contribution >= 4 is 29.2 Å². The average molecular weight is 400 g/mol. The Balaban J connectivity index is 1.53. The van der Waals surface area contributed by atoms with Crippen LogP contribution in [-0.2, 0) is 10.2 Å². The molecular weight excluding hydrogens is 378 g/mol. The summed E-state index contributed by atoms with van der Waals surface area (Å²) in [7, 11) is 0. The van der Waals surface area contributed by atoms with Crippen molar-refractivity contribution in [1.82, 2.24) is 15.0 Å². The predicted octanol–water partition coefficient (Wildman–Crippen LogP) is 3.17. The van der Waals surface area contributed by atoms with Crippen molar-refractivity contribution in [2.45, 2.75) is 44.4 Å². The van der Waals surface area contributed by atoms with E-state index in [1.807, 2.05) is 25.3 Å². The molecule has 152 valence electrons. The van der Waals surface area contributed by atoms with E-state index in [4.69, 9.17) is 0 Å². The highest BCUT2D eigenvalue weighted by atomic mass is 19.3. The van der Waals surface area contributed by atoms with E-state index >= 15 is 0 Å². The van der Waals surface area contributed by atoms with Crippen LogP contribution in [0.3, 0.4) is 0 Å². The van der Waals surface area contributed by atoms with Crippen molar-refractivity contribution in [3.05, 3.63) is 29.6 Å². The molecule has 2 aromatic heterocycles. The zero-order valence-electron chi connectivity index (χ0n) is 16.4. The number of anilines is 4. The molecular formula is C20H22F2N6O. The zero-order chi connectivity index (χ0) is 20.4. The summed E-state index contributed by atoms with van der Waals surface area (Å²) in [5.74, 6) is -1.37. The highest BCUT2D eigenvalue weighted by Gasteiger charge is 2.52. The molecule has 1 amide bonds. The highest BCUT2D eigenvalue weighted by molar-refractivity contribution is 5.89. The van der Waals surface area contributed by atoms with E-state index < -0.39 is 5.92 Å². The van der Waals surface area contributed by atoms with Gasteiger partial charge in [-0.15, -0.1) is 0 Å². The first-order valence-electron chi connectivity index (χ1n) is 9.79. The van der Waals surface area contributed by atoms with Crippen LogP contribution in [0.25, 0.3) is 0 Å². The van der Waals surface area contributed by atoms with Gasteiger partial charge in [0.15, 0.2) is 0 Å². The number of nitrogens with zero attached hydrogens (tertiary/aromatic N) is 5. The number of fused-ring (bicyclic) bond motifs is 2. The van der Waals surface area contributed by atoms with Gasteiger partial charge in [-0.25, -0.2) is 18.7 Å². The fourth-order valence-electron chi connectivity index (χ4n) is 4.30. The van der Waals surface area contributed by atoms with Crippen LogP contribution < -0.4 is 15.1 Å². The minimum Gasteiger partial charge on any atom is -0.334 e. The van der Waals surface area contributed by atoms with Crippen LogP contribution in [0.2, 0.25) is 0 Å². The van der Waals surface area contributed by atoms with Gasteiger partial charge in [0.2, 0.25) is 11.9 Å². The molecule has 0 bridgehead atoms. The van der Waals surface area contributed by atoms with E-state index in [1.54, 1.807) is 4.90 Å². The highest BCUT2D eigenvalue weighted by Crippen LogP contribution is 2.58. The molecule has 9 heteroatoms. The quantitative estimate of drug-likeness (QED) is 0.853. The van der Waals surface area contributed by atoms with Crippen molar-refractivity contribution in [3.63, 3.8) is 0 Å². The Morgan fingerprint density at radius 3 is 2.62 bits per heavy atom. The third-order valence-electron chi connectivity index (χ3n) is 5.92. The molecule has 29 heavy (non-hydrogen) atoms. The van der Waals surface area contributed by atoms with E-state index in [0.29, 0.717) is 17.6 Å². The van der Waals surface area contributed by atoms with E-state index in [9.17, 15) is 13.6 Å². The van der Waals surface area contributed by atoms with Gasteiger partial charge in [-0.2, -0.15) is 4.98 Å². The van der Waals surface area contributed by atoms with Gasteiger partial charge < -0.3 is 15.1 Å². The Bertz CT molecular complexity index is 1010. The minimum atomic E-state index is -2.70. The maximum atomic E-state index is 13.7. The molecule has 1 spiro atoms. The van der Waals surface area contributed by atoms with E-state index in [0.717, 1.165) is 36.3 Å². The van der Waals surface area contributed by atoms with Crippen LogP contribution in [0, 0.1) is 6.92 Å². The Morgan fingerprint density at radius 1 is 1.17 bits per heavy atom. The lowest BCUT2D eigenvalue weighted by Crippen LogP contribution is -2.28. The lowest BCUT2D eigenvalue weighted by Gasteiger charge is -2.23. The topological polar surface area (TPSA) is 74.2 Å². The SMILES string of the molecule is CC(=O)Nc1cc2c(cn1)C1(CC1)CN2c1cc(C)nc(N2CCC(F)(F)C2)n1. The van der Waals surface area contributed by atoms with Crippen LogP contribution in [0.1, 0.15) is 37.4 Å². The first kappa shape index (κ1) is 18.2. The molecule has 0 radical (unpaired) electrons. The molecule has 3 aliphatic rings. The van der Waals surface area contributed by atoms with Crippen LogP contribution in [0.15, 0.2) is 18.3 Å². The molecule has 4 heterocycles. The van der Waals surface area contributed by atoms with Crippen molar-refractivity contribution in [3.8, 4) is 0 Å². The Labute approximate surface area is 167 Å². The Hall–Kier alpha value is -2.84. The molecule has 0 atom stereocenters. The summed E-state index contributed by atoms with van der Waals surface area (Å²) >= 11 is 0. The van der Waals surface area contributed by atoms with Gasteiger partial charge in [0.25, 0.3) is 5.92 Å². The lowest BCUT2D eigenvalue weighted by atomic mass is 10.0. The van der Waals surface area contributed by atoms with Crippen LogP contribution in [0.5, 0.6) is 0 Å². The molecule has 0 aromatic carbocycles. The van der Waals surface area contributed by atoms with Gasteiger partial charge in [-0.3, -0.25) is 4.79 Å². The molecule has 5 rings (SSSR count). The van der Waals surface area contributed by atoms with Gasteiger partial charge in [0.05, 0.1) is 12.2 Å². The smallest absolute Gasteiger partial charge is 0.267 e. The normalized spacial score (nSPS) is 20.8. The summed E-state index contributed by atoms with van der Waals surface area (Å²) < 4.78 is 27.4. The van der Waals surface area contributed by atoms with Crippen molar-refractivity contribution in [2.75, 3.05) is 34.8 Å². The number of rotatable bonds is 3. The number of carbonyl (C=O) groups is 1. The Morgan fingerprint density at radius 2 is 1.97 bits per heavy atom. The maximum Gasteiger partial charge on any atom is 0.267 e. The van der Waals surface area contributed by atoms with Crippen LogP contribution in [0.4, 0.5) is 32.1 Å². The maximum absolute atomic E-state index is 13.7. The monoisotopic (exact) mass is 400 g/mol. The van der Waals surface area contributed by atoms with Crippen molar-refractivity contribution in [2.24, 2.45) is 0 Å². The third-order valence-corrected chi connectivity index (χ3v) is 5.92. The molecule has 1 saturated carbocycles. The van der Waals surface area contributed by atoms with Crippen molar-refractivity contribution < 1.29 is 13.6 Å². The summed E-state index contributed by atoms with van der Waals surface area (Å²) in [4.78, 5) is 28.5. The van der Waals surface area contributed by atoms with E-state index in [-0.39, 0.29) is 30.8 Å². The number of aryl methyl sites for hydroxylation is 1. The summed E-state index contributed by atoms with van der Waals surface area (Å²) in [6, 6.07) is 3.74. The summed E-state index contributed by atoms with van der Waals surface area (Å²) in [6.07, 6.45) is 3.81. The number of alkyl halides is 2. The predicted molar refractivity (Wildman–Crippen MR) is 105 cm³/mol. The summed E-state index contributed by atoms with van der Waals surface area (Å²) in [5, 5.41) is 2.73. The number of halogens is 2. The average Bonchev–Trinajstić information content (AvgIpc) is 3.22. The summed E-state index contributed by atoms with van der Waals surface area (Å²) in [5.41, 5.74) is 2.90. The molecule has 2 aliphatic heterocycles. The second kappa shape index (κ2) is 6.08. The van der Waals surface area contributed by atoms with Crippen LogP contribution in [-0.4, -0.2) is 46.4 Å². The van der Waals surface area contributed by atoms with Gasteiger partial charge in [-0.05, 0) is 19.8 Å². The number of hydrogen-bond donors (Lipinski definition) is 1. The zero-order valence-corrected chi connectivity index (χ0v) is 16.4. The number of amides is 1. The number of carbonyl (C=O) groups excluding carboxylic acids is 1. The van der Waals surface area contributed by atoms with E-state index in [2.05, 4.69) is 25.2 Å². The molecule has 1 N–H and O–H groups in total. The number of pyridine rings is 1. The molecule has 1 aliphatic carbocycles. The first-order chi connectivity index (χ1) is 13.7. The second-order valence-electron chi connectivity index (χ2n) is 8.33. The fraction of sp³-hybridized carbons (Fsp3) is 0.500. The molecule has 2 fully saturated rings. The second-order valence-corrected chi connectivity index (χ2v) is 8.33. The van der Waals surface area contributed by atoms with Crippen molar-refractivity contribution in [1.29, 1.82) is 0 Å². The molecule has 1 saturated heterocycles. The number of nitrogens with one attached hydrogen (secondary N) is 1. The standard InChI is InChI=1S/C20H22F2N6O/c1-12-7-17(26-18(24-12)27-6-5-20(21,22)11-27)28-10-19(3-4-19)14-9-23-16(8-15(14)28)25-13(2)29/h7-9H,3-6,10-11H2,1-2H3,(H,23,25,29). The Kier molecular flexibility index (Phi) is 3.81. The molecule has 0 unspecified atom stereocenters. The van der Waals surface area contributed by atoms with E-state index in [1.165, 1.54) is 6.92 Å². The number of aromatic nitrogens is 3. The third kappa shape index (κ3) is 3.18. The lowest BCUT2D eigenvalue weighted by molar-refractivity contribution is -0.114. The minimum absolute atomic E-state index is 0.0663. The first-order valence-corrected chi connectivity index (χ1v) is 9.79. The van der Waals surface area contributed by atoms with Gasteiger partial charge in [0, 0.05) is 61.4 Å². The van der Waals surface area contributed by atoms with Crippen LogP contribution >= 0.6 is 0 Å². The van der Waals surface area contributed by atoms with Gasteiger partial charge in [0.1, 0.15) is 11.6 Å². The largest absolute Gasteiger partial charge is 0.334 e. The van der Waals surface area contributed by atoms with Gasteiger partial charge in [-0.1, -0.05) is 0 Å².